The number of carbonyl (C=O) groups excluding carboxylic acids is 1. The molecule has 0 saturated carbocycles. The predicted octanol–water partition coefficient (Wildman–Crippen LogP) is 5.60. The van der Waals surface area contributed by atoms with Crippen LogP contribution in [0.3, 0.4) is 0 Å². The van der Waals surface area contributed by atoms with Gasteiger partial charge in [-0.2, -0.15) is 0 Å². The van der Waals surface area contributed by atoms with Gasteiger partial charge in [0.2, 0.25) is 0 Å². The van der Waals surface area contributed by atoms with Gasteiger partial charge in [-0.15, -0.1) is 0 Å². The monoisotopic (exact) mass is 386 g/mol. The van der Waals surface area contributed by atoms with Crippen molar-refractivity contribution in [3.05, 3.63) is 63.6 Å². The second kappa shape index (κ2) is 7.84. The Kier molecular flexibility index (Phi) is 5.56. The number of aryl methyl sites for hydroxylation is 2. The summed E-state index contributed by atoms with van der Waals surface area (Å²) in [5.41, 5.74) is 4.91. The summed E-state index contributed by atoms with van der Waals surface area (Å²) in [5.74, 6) is 0. The summed E-state index contributed by atoms with van der Waals surface area (Å²) in [7, 11) is 0. The molecule has 4 heteroatoms. The molecule has 0 aromatic heterocycles. The molecule has 0 fully saturated rings. The van der Waals surface area contributed by atoms with Crippen LogP contribution in [0.15, 0.2) is 46.9 Å². The summed E-state index contributed by atoms with van der Waals surface area (Å²) in [6, 6.07) is 14.1. The molecule has 2 aromatic carbocycles. The maximum atomic E-state index is 12.3. The molecular weight excluding hydrogens is 364 g/mol. The highest BCUT2D eigenvalue weighted by Gasteiger charge is 2.16. The van der Waals surface area contributed by atoms with Gasteiger partial charge in [0.05, 0.1) is 6.04 Å². The van der Waals surface area contributed by atoms with Crippen molar-refractivity contribution in [1.29, 1.82) is 0 Å². The number of amides is 2. The third-order valence-electron chi connectivity index (χ3n) is 4.59. The van der Waals surface area contributed by atoms with Gasteiger partial charge in [0, 0.05) is 10.2 Å². The van der Waals surface area contributed by atoms with Gasteiger partial charge in [-0.3, -0.25) is 0 Å². The number of fused-ring (bicyclic) bond motifs is 1. The van der Waals surface area contributed by atoms with Crippen molar-refractivity contribution in [3.63, 3.8) is 0 Å². The molecule has 0 saturated heterocycles. The van der Waals surface area contributed by atoms with Crippen LogP contribution in [0.1, 0.15) is 48.9 Å². The zero-order valence-electron chi connectivity index (χ0n) is 13.9. The Morgan fingerprint density at radius 3 is 2.50 bits per heavy atom. The van der Waals surface area contributed by atoms with Crippen molar-refractivity contribution in [1.82, 2.24) is 5.32 Å². The lowest BCUT2D eigenvalue weighted by atomic mass is 9.89. The highest BCUT2D eigenvalue weighted by molar-refractivity contribution is 9.10. The number of carbonyl (C=O) groups is 1. The van der Waals surface area contributed by atoms with Crippen LogP contribution in [0.2, 0.25) is 0 Å². The largest absolute Gasteiger partial charge is 0.331 e. The van der Waals surface area contributed by atoms with Gasteiger partial charge < -0.3 is 10.6 Å². The van der Waals surface area contributed by atoms with Crippen molar-refractivity contribution >= 4 is 27.6 Å². The molecule has 0 spiro atoms. The third-order valence-corrected chi connectivity index (χ3v) is 5.12. The van der Waals surface area contributed by atoms with Crippen LogP contribution < -0.4 is 10.6 Å². The number of anilines is 1. The Labute approximate surface area is 152 Å². The second-order valence-corrected chi connectivity index (χ2v) is 7.22. The van der Waals surface area contributed by atoms with Crippen molar-refractivity contribution in [2.75, 3.05) is 5.32 Å². The highest BCUT2D eigenvalue weighted by atomic mass is 79.9. The van der Waals surface area contributed by atoms with Crippen molar-refractivity contribution < 1.29 is 4.79 Å². The molecule has 0 bridgehead atoms. The standard InChI is InChI=1S/C20H23BrN2O/c1-2-19(16-8-7-14-5-3-4-6-15(14)13-16)23-20(24)22-18-11-9-17(21)10-12-18/h7-13,19H,2-6H2,1H3,(H2,22,23,24). The molecule has 1 aliphatic rings. The number of halogens is 1. The third kappa shape index (κ3) is 4.18. The van der Waals surface area contributed by atoms with Crippen molar-refractivity contribution in [3.8, 4) is 0 Å². The van der Waals surface area contributed by atoms with Gasteiger partial charge in [0.15, 0.2) is 0 Å². The van der Waals surface area contributed by atoms with Gasteiger partial charge in [-0.1, -0.05) is 41.1 Å². The molecule has 0 radical (unpaired) electrons. The zero-order chi connectivity index (χ0) is 16.9. The number of urea groups is 1. The zero-order valence-corrected chi connectivity index (χ0v) is 15.5. The Morgan fingerprint density at radius 2 is 1.79 bits per heavy atom. The van der Waals surface area contributed by atoms with E-state index in [0.717, 1.165) is 23.0 Å². The van der Waals surface area contributed by atoms with E-state index in [0.29, 0.717) is 0 Å². The Hall–Kier alpha value is -1.81. The van der Waals surface area contributed by atoms with Crippen LogP contribution in [-0.2, 0) is 12.8 Å². The fourth-order valence-electron chi connectivity index (χ4n) is 3.25. The van der Waals surface area contributed by atoms with Crippen LogP contribution in [0.25, 0.3) is 0 Å². The molecule has 1 aliphatic carbocycles. The summed E-state index contributed by atoms with van der Waals surface area (Å²) < 4.78 is 0.994. The summed E-state index contributed by atoms with van der Waals surface area (Å²) >= 11 is 3.40. The van der Waals surface area contributed by atoms with Crippen molar-refractivity contribution in [2.24, 2.45) is 0 Å². The van der Waals surface area contributed by atoms with Gasteiger partial charge in [-0.25, -0.2) is 4.79 Å². The minimum Gasteiger partial charge on any atom is -0.331 e. The van der Waals surface area contributed by atoms with E-state index >= 15 is 0 Å². The van der Waals surface area contributed by atoms with Gasteiger partial charge in [0.1, 0.15) is 0 Å². The summed E-state index contributed by atoms with van der Waals surface area (Å²) in [6.07, 6.45) is 5.77. The average Bonchev–Trinajstić information content (AvgIpc) is 2.61. The first-order valence-electron chi connectivity index (χ1n) is 8.60. The SMILES string of the molecule is CCC(NC(=O)Nc1ccc(Br)cc1)c1ccc2c(c1)CCCC2. The quantitative estimate of drug-likeness (QED) is 0.704. The van der Waals surface area contributed by atoms with E-state index in [2.05, 4.69) is 51.7 Å². The van der Waals surface area contributed by atoms with E-state index in [1.165, 1.54) is 36.0 Å². The second-order valence-electron chi connectivity index (χ2n) is 6.30. The molecule has 2 N–H and O–H groups in total. The fourth-order valence-corrected chi connectivity index (χ4v) is 3.51. The Bertz CT molecular complexity index is 712. The molecular formula is C20H23BrN2O. The Balaban J connectivity index is 1.67. The first kappa shape index (κ1) is 17.0. The van der Waals surface area contributed by atoms with Crippen LogP contribution in [0, 0.1) is 0 Å². The molecule has 2 aromatic rings. The molecule has 1 unspecified atom stereocenters. The van der Waals surface area contributed by atoms with Crippen LogP contribution >= 0.6 is 15.9 Å². The fraction of sp³-hybridized carbons (Fsp3) is 0.350. The molecule has 0 aliphatic heterocycles. The smallest absolute Gasteiger partial charge is 0.319 e. The van der Waals surface area contributed by atoms with Gasteiger partial charge in [0.25, 0.3) is 0 Å². The molecule has 24 heavy (non-hydrogen) atoms. The number of hydrogen-bond acceptors (Lipinski definition) is 1. The first-order valence-corrected chi connectivity index (χ1v) is 9.40. The van der Waals surface area contributed by atoms with Crippen LogP contribution in [0.4, 0.5) is 10.5 Å². The molecule has 3 rings (SSSR count). The van der Waals surface area contributed by atoms with Gasteiger partial charge >= 0.3 is 6.03 Å². The van der Waals surface area contributed by atoms with Gasteiger partial charge in [-0.05, 0) is 73.1 Å². The first-order chi connectivity index (χ1) is 11.7. The summed E-state index contributed by atoms with van der Waals surface area (Å²) in [5, 5.41) is 5.99. The van der Waals surface area contributed by atoms with E-state index in [1.54, 1.807) is 0 Å². The lowest BCUT2D eigenvalue weighted by Crippen LogP contribution is -2.32. The highest BCUT2D eigenvalue weighted by Crippen LogP contribution is 2.26. The topological polar surface area (TPSA) is 41.1 Å². The maximum Gasteiger partial charge on any atom is 0.319 e. The van der Waals surface area contributed by atoms with E-state index in [4.69, 9.17) is 0 Å². The van der Waals surface area contributed by atoms with Crippen LogP contribution in [0.5, 0.6) is 0 Å². The van der Waals surface area contributed by atoms with Crippen LogP contribution in [-0.4, -0.2) is 6.03 Å². The normalized spacial score (nSPS) is 14.6. The number of hydrogen-bond donors (Lipinski definition) is 2. The maximum absolute atomic E-state index is 12.3. The molecule has 2 amide bonds. The number of benzene rings is 2. The van der Waals surface area contributed by atoms with E-state index in [9.17, 15) is 4.79 Å². The number of nitrogens with one attached hydrogen (secondary N) is 2. The molecule has 0 heterocycles. The van der Waals surface area contributed by atoms with E-state index in [-0.39, 0.29) is 12.1 Å². The molecule has 1 atom stereocenters. The predicted molar refractivity (Wildman–Crippen MR) is 102 cm³/mol. The minimum absolute atomic E-state index is 0.0349. The molecule has 3 nitrogen and oxygen atoms in total. The summed E-state index contributed by atoms with van der Waals surface area (Å²) in [4.78, 5) is 12.3. The van der Waals surface area contributed by atoms with Crippen molar-refractivity contribution in [2.45, 2.75) is 45.1 Å². The summed E-state index contributed by atoms with van der Waals surface area (Å²) in [6.45, 7) is 2.10. The van der Waals surface area contributed by atoms with E-state index < -0.39 is 0 Å². The minimum atomic E-state index is -0.165. The van der Waals surface area contributed by atoms with E-state index in [1.807, 2.05) is 24.3 Å². The average molecular weight is 387 g/mol. The lowest BCUT2D eigenvalue weighted by molar-refractivity contribution is 0.248. The number of rotatable bonds is 4. The Morgan fingerprint density at radius 1 is 1.08 bits per heavy atom. The lowest BCUT2D eigenvalue weighted by Gasteiger charge is -2.22. The molecule has 126 valence electrons.